The molecule has 0 saturated heterocycles. The van der Waals surface area contributed by atoms with Gasteiger partial charge in [0.15, 0.2) is 5.17 Å². The van der Waals surface area contributed by atoms with Crippen molar-refractivity contribution in [3.05, 3.63) is 34.9 Å². The Morgan fingerprint density at radius 3 is 2.55 bits per heavy atom. The summed E-state index contributed by atoms with van der Waals surface area (Å²) in [5.74, 6) is 0.861. The zero-order chi connectivity index (χ0) is 13.8. The Kier molecular flexibility index (Phi) is 4.63. The number of halogens is 1. The molecule has 0 amide bonds. The first kappa shape index (κ1) is 14.0. The van der Waals surface area contributed by atoms with Crippen LogP contribution in [0.4, 0.5) is 0 Å². The van der Waals surface area contributed by atoms with E-state index in [4.69, 9.17) is 16.6 Å². The number of amidine groups is 1. The van der Waals surface area contributed by atoms with E-state index in [1.807, 2.05) is 24.3 Å². The lowest BCUT2D eigenvalue weighted by Gasteiger charge is -2.21. The quantitative estimate of drug-likeness (QED) is 0.894. The number of benzene rings is 1. The topological polar surface area (TPSA) is 36.8 Å². The molecule has 5 heteroatoms. The summed E-state index contributed by atoms with van der Waals surface area (Å²) in [5.41, 5.74) is 5.26. The van der Waals surface area contributed by atoms with E-state index in [1.54, 1.807) is 11.8 Å². The molecule has 0 bridgehead atoms. The molecule has 2 aliphatic rings. The third-order valence-electron chi connectivity index (χ3n) is 3.68. The van der Waals surface area contributed by atoms with Gasteiger partial charge in [0.05, 0.1) is 11.8 Å². The van der Waals surface area contributed by atoms with Crippen molar-refractivity contribution in [3.8, 4) is 0 Å². The van der Waals surface area contributed by atoms with Crippen LogP contribution in [0.2, 0.25) is 5.02 Å². The van der Waals surface area contributed by atoms with Gasteiger partial charge in [-0.2, -0.15) is 5.10 Å². The second kappa shape index (κ2) is 6.64. The maximum atomic E-state index is 5.90. The summed E-state index contributed by atoms with van der Waals surface area (Å²) in [7, 11) is 0. The normalized spacial score (nSPS) is 22.4. The fourth-order valence-corrected chi connectivity index (χ4v) is 3.51. The molecular weight excluding hydrogens is 290 g/mol. The minimum absolute atomic E-state index is 0.492. The fraction of sp³-hybridized carbons (Fsp3) is 0.467. The number of hydrazone groups is 1. The summed E-state index contributed by atoms with van der Waals surface area (Å²) in [4.78, 5) is 4.78. The summed E-state index contributed by atoms with van der Waals surface area (Å²) in [5, 5.41) is 6.17. The number of thioether (sulfide) groups is 1. The molecule has 1 aromatic rings. The second-order valence-electron chi connectivity index (χ2n) is 5.19. The lowest BCUT2D eigenvalue weighted by Crippen LogP contribution is -2.27. The lowest BCUT2D eigenvalue weighted by molar-refractivity contribution is 0.443. The number of aliphatic imine (C=N–C) groups is 1. The van der Waals surface area contributed by atoms with Crippen molar-refractivity contribution in [2.75, 3.05) is 5.75 Å². The Balaban J connectivity index is 1.65. The summed E-state index contributed by atoms with van der Waals surface area (Å²) < 4.78 is 0. The lowest BCUT2D eigenvalue weighted by atomic mass is 9.96. The molecule has 3 nitrogen and oxygen atoms in total. The standard InChI is InChI=1S/C15H18ClN3S/c16-12-8-6-11(7-9-12)14-10-20-15(19-18-14)17-13-4-2-1-3-5-13/h6-9,13H,1-5,10H2,(H,17,19). The SMILES string of the molecule is Clc1ccc(C2=NNC(=NC3CCCCC3)SC2)cc1. The summed E-state index contributed by atoms with van der Waals surface area (Å²) >= 11 is 7.64. The van der Waals surface area contributed by atoms with Crippen molar-refractivity contribution in [1.29, 1.82) is 0 Å². The van der Waals surface area contributed by atoms with Gasteiger partial charge in [0.2, 0.25) is 0 Å². The molecule has 0 spiro atoms. The van der Waals surface area contributed by atoms with Gasteiger partial charge in [0.1, 0.15) is 0 Å². The van der Waals surface area contributed by atoms with Crippen LogP contribution in [0.5, 0.6) is 0 Å². The van der Waals surface area contributed by atoms with Crippen LogP contribution in [0, 0.1) is 0 Å². The van der Waals surface area contributed by atoms with Crippen LogP contribution in [0.25, 0.3) is 0 Å². The number of hydrogen-bond donors (Lipinski definition) is 1. The molecule has 20 heavy (non-hydrogen) atoms. The first-order chi connectivity index (χ1) is 9.81. The van der Waals surface area contributed by atoms with Crippen molar-refractivity contribution < 1.29 is 0 Å². The van der Waals surface area contributed by atoms with Crippen LogP contribution in [0.1, 0.15) is 37.7 Å². The highest BCUT2D eigenvalue weighted by molar-refractivity contribution is 8.14. The van der Waals surface area contributed by atoms with Crippen LogP contribution >= 0.6 is 23.4 Å². The Labute approximate surface area is 128 Å². The number of nitrogens with zero attached hydrogens (tertiary/aromatic N) is 2. The van der Waals surface area contributed by atoms with Gasteiger partial charge in [-0.15, -0.1) is 0 Å². The molecule has 1 aliphatic heterocycles. The molecule has 1 aromatic carbocycles. The van der Waals surface area contributed by atoms with Gasteiger partial charge in [0, 0.05) is 10.8 Å². The first-order valence-electron chi connectivity index (χ1n) is 7.10. The van der Waals surface area contributed by atoms with E-state index in [2.05, 4.69) is 10.5 Å². The van der Waals surface area contributed by atoms with Crippen molar-refractivity contribution >= 4 is 34.2 Å². The van der Waals surface area contributed by atoms with Crippen molar-refractivity contribution in [2.24, 2.45) is 10.1 Å². The summed E-state index contributed by atoms with van der Waals surface area (Å²) in [6, 6.07) is 8.30. The van der Waals surface area contributed by atoms with E-state index in [1.165, 1.54) is 32.1 Å². The van der Waals surface area contributed by atoms with Gasteiger partial charge in [0.25, 0.3) is 0 Å². The smallest absolute Gasteiger partial charge is 0.177 e. The molecule has 0 radical (unpaired) electrons. The molecule has 1 heterocycles. The molecule has 1 N–H and O–H groups in total. The van der Waals surface area contributed by atoms with E-state index >= 15 is 0 Å². The van der Waals surface area contributed by atoms with E-state index < -0.39 is 0 Å². The molecule has 1 aliphatic carbocycles. The Hall–Kier alpha value is -1.00. The molecule has 3 rings (SSSR count). The minimum Gasteiger partial charge on any atom is -0.258 e. The predicted molar refractivity (Wildman–Crippen MR) is 87.9 cm³/mol. The van der Waals surface area contributed by atoms with Gasteiger partial charge in [-0.3, -0.25) is 10.4 Å². The largest absolute Gasteiger partial charge is 0.258 e. The third-order valence-corrected chi connectivity index (χ3v) is 4.82. The molecule has 1 fully saturated rings. The van der Waals surface area contributed by atoms with E-state index in [9.17, 15) is 0 Å². The van der Waals surface area contributed by atoms with Gasteiger partial charge in [-0.05, 0) is 30.5 Å². The van der Waals surface area contributed by atoms with E-state index in [-0.39, 0.29) is 0 Å². The first-order valence-corrected chi connectivity index (χ1v) is 8.47. The molecule has 0 aromatic heterocycles. The zero-order valence-electron chi connectivity index (χ0n) is 11.3. The minimum atomic E-state index is 0.492. The number of rotatable bonds is 2. The van der Waals surface area contributed by atoms with Crippen LogP contribution in [-0.2, 0) is 0 Å². The van der Waals surface area contributed by atoms with Crippen molar-refractivity contribution in [2.45, 2.75) is 38.1 Å². The van der Waals surface area contributed by atoms with Crippen LogP contribution in [0.15, 0.2) is 34.4 Å². The Bertz CT molecular complexity index is 518. The Morgan fingerprint density at radius 2 is 1.90 bits per heavy atom. The third kappa shape index (κ3) is 3.55. The van der Waals surface area contributed by atoms with Crippen molar-refractivity contribution in [3.63, 3.8) is 0 Å². The Morgan fingerprint density at radius 1 is 1.15 bits per heavy atom. The highest BCUT2D eigenvalue weighted by atomic mass is 35.5. The van der Waals surface area contributed by atoms with Crippen LogP contribution in [-0.4, -0.2) is 22.7 Å². The monoisotopic (exact) mass is 307 g/mol. The van der Waals surface area contributed by atoms with Gasteiger partial charge >= 0.3 is 0 Å². The van der Waals surface area contributed by atoms with Crippen LogP contribution in [0.3, 0.4) is 0 Å². The average molecular weight is 308 g/mol. The number of nitrogens with one attached hydrogen (secondary N) is 1. The molecule has 0 atom stereocenters. The highest BCUT2D eigenvalue weighted by Crippen LogP contribution is 2.22. The molecule has 0 unspecified atom stereocenters. The summed E-state index contributed by atoms with van der Waals surface area (Å²) in [6.07, 6.45) is 6.43. The molecule has 1 saturated carbocycles. The van der Waals surface area contributed by atoms with Crippen LogP contribution < -0.4 is 5.43 Å². The molecule has 106 valence electrons. The fourth-order valence-electron chi connectivity index (χ4n) is 2.55. The van der Waals surface area contributed by atoms with E-state index in [0.29, 0.717) is 6.04 Å². The average Bonchev–Trinajstić information content (AvgIpc) is 2.50. The van der Waals surface area contributed by atoms with Gasteiger partial charge in [-0.25, -0.2) is 0 Å². The molecular formula is C15H18ClN3S. The predicted octanol–water partition coefficient (Wildman–Crippen LogP) is 4.07. The van der Waals surface area contributed by atoms with Gasteiger partial charge < -0.3 is 0 Å². The van der Waals surface area contributed by atoms with E-state index in [0.717, 1.165) is 27.2 Å². The zero-order valence-corrected chi connectivity index (χ0v) is 12.9. The summed E-state index contributed by atoms with van der Waals surface area (Å²) in [6.45, 7) is 0. The maximum absolute atomic E-state index is 5.90. The van der Waals surface area contributed by atoms with Gasteiger partial charge in [-0.1, -0.05) is 54.8 Å². The highest BCUT2D eigenvalue weighted by Gasteiger charge is 2.16. The number of hydrogen-bond acceptors (Lipinski definition) is 3. The maximum Gasteiger partial charge on any atom is 0.177 e. The second-order valence-corrected chi connectivity index (χ2v) is 6.59. The van der Waals surface area contributed by atoms with Crippen molar-refractivity contribution in [1.82, 2.24) is 5.43 Å².